The number of rotatable bonds is 6. The highest BCUT2D eigenvalue weighted by Crippen LogP contribution is 2.23. The number of halogens is 2. The third-order valence-corrected chi connectivity index (χ3v) is 3.09. The number of unbranched alkanes of at least 4 members (excludes halogenated alkanes) is 2. The van der Waals surface area contributed by atoms with Gasteiger partial charge in [-0.05, 0) is 31.0 Å². The molecule has 0 atom stereocenters. The van der Waals surface area contributed by atoms with Gasteiger partial charge in [-0.2, -0.15) is 0 Å². The fourth-order valence-electron chi connectivity index (χ4n) is 1.42. The fourth-order valence-corrected chi connectivity index (χ4v) is 1.99. The number of carbonyl (C=O) groups is 1. The van der Waals surface area contributed by atoms with Crippen LogP contribution >= 0.6 is 27.5 Å². The van der Waals surface area contributed by atoms with Gasteiger partial charge < -0.3 is 5.11 Å². The lowest BCUT2D eigenvalue weighted by Gasteiger charge is -2.04. The number of phenolic OH excluding ortho intramolecular Hbond substituents is 1. The van der Waals surface area contributed by atoms with Crippen molar-refractivity contribution in [3.05, 3.63) is 28.8 Å². The molecule has 88 valence electrons. The number of aromatic hydroxyl groups is 1. The Balaban J connectivity index is 2.55. The van der Waals surface area contributed by atoms with Gasteiger partial charge in [-0.25, -0.2) is 0 Å². The molecule has 0 spiro atoms. The van der Waals surface area contributed by atoms with Crippen LogP contribution in [0.2, 0.25) is 5.02 Å². The Bertz CT molecular complexity index is 366. The maximum absolute atomic E-state index is 11.8. The second-order valence-electron chi connectivity index (χ2n) is 3.58. The minimum absolute atomic E-state index is 0.00916. The molecule has 0 bridgehead atoms. The second kappa shape index (κ2) is 6.92. The molecule has 0 saturated carbocycles. The molecule has 0 saturated heterocycles. The van der Waals surface area contributed by atoms with Crippen molar-refractivity contribution in [1.82, 2.24) is 0 Å². The summed E-state index contributed by atoms with van der Waals surface area (Å²) in [5, 5.41) is 11.0. The molecular formula is C12H14BrClO2. The zero-order valence-corrected chi connectivity index (χ0v) is 11.2. The highest BCUT2D eigenvalue weighted by Gasteiger charge is 2.11. The lowest BCUT2D eigenvalue weighted by molar-refractivity contribution is 0.0977. The number of hydrogen-bond acceptors (Lipinski definition) is 2. The van der Waals surface area contributed by atoms with E-state index in [-0.39, 0.29) is 11.5 Å². The molecule has 0 aliphatic heterocycles. The van der Waals surface area contributed by atoms with E-state index in [0.717, 1.165) is 24.6 Å². The Labute approximate surface area is 109 Å². The van der Waals surface area contributed by atoms with E-state index in [2.05, 4.69) is 15.9 Å². The van der Waals surface area contributed by atoms with Crippen molar-refractivity contribution in [3.8, 4) is 5.75 Å². The molecular weight excluding hydrogens is 291 g/mol. The van der Waals surface area contributed by atoms with Gasteiger partial charge in [-0.1, -0.05) is 34.0 Å². The van der Waals surface area contributed by atoms with E-state index < -0.39 is 0 Å². The van der Waals surface area contributed by atoms with Crippen molar-refractivity contribution < 1.29 is 9.90 Å². The van der Waals surface area contributed by atoms with E-state index in [1.54, 1.807) is 6.07 Å². The molecule has 1 rings (SSSR count). The first-order valence-corrected chi connectivity index (χ1v) is 6.72. The summed E-state index contributed by atoms with van der Waals surface area (Å²) in [6.07, 6.45) is 3.38. The highest BCUT2D eigenvalue weighted by atomic mass is 79.9. The summed E-state index contributed by atoms with van der Waals surface area (Å²) in [5.74, 6) is -0.0375. The molecule has 1 N–H and O–H groups in total. The molecule has 0 fully saturated rings. The summed E-state index contributed by atoms with van der Waals surface area (Å²) in [7, 11) is 0. The number of phenols is 1. The van der Waals surface area contributed by atoms with E-state index in [0.29, 0.717) is 17.0 Å². The van der Waals surface area contributed by atoms with Crippen LogP contribution in [-0.2, 0) is 0 Å². The van der Waals surface area contributed by atoms with Crippen LogP contribution in [-0.4, -0.2) is 16.2 Å². The number of hydrogen-bond donors (Lipinski definition) is 1. The summed E-state index contributed by atoms with van der Waals surface area (Å²) in [6.45, 7) is 0. The van der Waals surface area contributed by atoms with Gasteiger partial charge in [-0.15, -0.1) is 0 Å². The third kappa shape index (κ3) is 4.14. The minimum atomic E-state index is -0.0467. The molecule has 1 aromatic rings. The van der Waals surface area contributed by atoms with Gasteiger partial charge in [0.25, 0.3) is 0 Å². The average Bonchev–Trinajstić information content (AvgIpc) is 2.27. The Morgan fingerprint density at radius 2 is 2.06 bits per heavy atom. The highest BCUT2D eigenvalue weighted by molar-refractivity contribution is 9.09. The van der Waals surface area contributed by atoms with Gasteiger partial charge in [0, 0.05) is 16.8 Å². The van der Waals surface area contributed by atoms with Crippen LogP contribution in [0.25, 0.3) is 0 Å². The smallest absolute Gasteiger partial charge is 0.166 e. The quantitative estimate of drug-likeness (QED) is 0.486. The van der Waals surface area contributed by atoms with Crippen LogP contribution < -0.4 is 0 Å². The number of benzene rings is 1. The molecule has 0 aliphatic carbocycles. The Morgan fingerprint density at radius 1 is 1.31 bits per heavy atom. The fraction of sp³-hybridized carbons (Fsp3) is 0.417. The zero-order valence-electron chi connectivity index (χ0n) is 8.88. The summed E-state index contributed by atoms with van der Waals surface area (Å²) in [5.41, 5.74) is 0.325. The first-order valence-electron chi connectivity index (χ1n) is 5.23. The summed E-state index contributed by atoms with van der Waals surface area (Å²) in [4.78, 5) is 11.8. The van der Waals surface area contributed by atoms with Crippen LogP contribution in [0.3, 0.4) is 0 Å². The SMILES string of the molecule is O=C(CCCCCBr)c1cc(Cl)ccc1O. The molecule has 16 heavy (non-hydrogen) atoms. The van der Waals surface area contributed by atoms with E-state index in [9.17, 15) is 9.90 Å². The third-order valence-electron chi connectivity index (χ3n) is 2.30. The molecule has 0 aromatic heterocycles. The molecule has 1 aromatic carbocycles. The molecule has 0 amide bonds. The Morgan fingerprint density at radius 3 is 2.75 bits per heavy atom. The summed E-state index contributed by atoms with van der Waals surface area (Å²) < 4.78 is 0. The number of alkyl halides is 1. The normalized spacial score (nSPS) is 10.4. The predicted octanol–water partition coefficient (Wildman–Crippen LogP) is 4.18. The monoisotopic (exact) mass is 304 g/mol. The van der Waals surface area contributed by atoms with Gasteiger partial charge in [-0.3, -0.25) is 4.79 Å². The molecule has 2 nitrogen and oxygen atoms in total. The summed E-state index contributed by atoms with van der Waals surface area (Å²) >= 11 is 9.12. The molecule has 0 radical (unpaired) electrons. The van der Waals surface area contributed by atoms with E-state index >= 15 is 0 Å². The number of carbonyl (C=O) groups excluding carboxylic acids is 1. The van der Waals surface area contributed by atoms with E-state index in [4.69, 9.17) is 11.6 Å². The van der Waals surface area contributed by atoms with Crippen LogP contribution in [0.1, 0.15) is 36.0 Å². The maximum atomic E-state index is 11.8. The van der Waals surface area contributed by atoms with Crippen molar-refractivity contribution in [2.45, 2.75) is 25.7 Å². The zero-order chi connectivity index (χ0) is 12.0. The standard InChI is InChI=1S/C12H14BrClO2/c13-7-3-1-2-4-11(15)10-8-9(14)5-6-12(10)16/h5-6,8,16H,1-4,7H2. The molecule has 4 heteroatoms. The first-order chi connectivity index (χ1) is 7.65. The van der Waals surface area contributed by atoms with E-state index in [1.807, 2.05) is 0 Å². The maximum Gasteiger partial charge on any atom is 0.166 e. The first kappa shape index (κ1) is 13.5. The lowest BCUT2D eigenvalue weighted by Crippen LogP contribution is -1.99. The van der Waals surface area contributed by atoms with Gasteiger partial charge in [0.05, 0.1) is 5.56 Å². The lowest BCUT2D eigenvalue weighted by atomic mass is 10.0. The van der Waals surface area contributed by atoms with Gasteiger partial charge in [0.1, 0.15) is 5.75 Å². The van der Waals surface area contributed by atoms with Crippen LogP contribution in [0.5, 0.6) is 5.75 Å². The van der Waals surface area contributed by atoms with Crippen molar-refractivity contribution >= 4 is 33.3 Å². The molecule has 0 heterocycles. The van der Waals surface area contributed by atoms with E-state index in [1.165, 1.54) is 12.1 Å². The van der Waals surface area contributed by atoms with Gasteiger partial charge in [0.15, 0.2) is 5.78 Å². The topological polar surface area (TPSA) is 37.3 Å². The number of ketones is 1. The number of Topliss-reactive ketones (excluding diaryl/α,β-unsaturated/α-hetero) is 1. The van der Waals surface area contributed by atoms with Crippen LogP contribution in [0.15, 0.2) is 18.2 Å². The van der Waals surface area contributed by atoms with Gasteiger partial charge >= 0.3 is 0 Å². The minimum Gasteiger partial charge on any atom is -0.507 e. The predicted molar refractivity (Wildman–Crippen MR) is 69.7 cm³/mol. The van der Waals surface area contributed by atoms with Gasteiger partial charge in [0.2, 0.25) is 0 Å². The van der Waals surface area contributed by atoms with Crippen molar-refractivity contribution in [2.75, 3.05) is 5.33 Å². The van der Waals surface area contributed by atoms with Crippen molar-refractivity contribution in [1.29, 1.82) is 0 Å². The van der Waals surface area contributed by atoms with Crippen LogP contribution in [0.4, 0.5) is 0 Å². The molecule has 0 aliphatic rings. The Hall–Kier alpha value is -0.540. The average molecular weight is 306 g/mol. The van der Waals surface area contributed by atoms with Crippen molar-refractivity contribution in [3.63, 3.8) is 0 Å². The van der Waals surface area contributed by atoms with Crippen molar-refractivity contribution in [2.24, 2.45) is 0 Å². The summed E-state index contributed by atoms with van der Waals surface area (Å²) in [6, 6.07) is 4.54. The second-order valence-corrected chi connectivity index (χ2v) is 4.81. The van der Waals surface area contributed by atoms with Crippen LogP contribution in [0, 0.1) is 0 Å². The Kier molecular flexibility index (Phi) is 5.85. The molecule has 0 unspecified atom stereocenters. The largest absolute Gasteiger partial charge is 0.507 e.